The highest BCUT2D eigenvalue weighted by atomic mass is 16.6. The second kappa shape index (κ2) is 4.25. The summed E-state index contributed by atoms with van der Waals surface area (Å²) in [5, 5.41) is 18.0. The summed E-state index contributed by atoms with van der Waals surface area (Å²) in [5.41, 5.74) is 1.16. The predicted molar refractivity (Wildman–Crippen MR) is 64.3 cm³/mol. The first kappa shape index (κ1) is 11.1. The van der Waals surface area contributed by atoms with Gasteiger partial charge in [0.25, 0.3) is 5.69 Å². The molecule has 0 saturated heterocycles. The van der Waals surface area contributed by atoms with E-state index in [1.165, 1.54) is 0 Å². The maximum absolute atomic E-state index is 11.0. The van der Waals surface area contributed by atoms with Crippen molar-refractivity contribution in [3.8, 4) is 0 Å². The van der Waals surface area contributed by atoms with E-state index >= 15 is 0 Å². The Bertz CT molecular complexity index is 562. The van der Waals surface area contributed by atoms with Crippen molar-refractivity contribution in [2.24, 2.45) is 7.05 Å². The van der Waals surface area contributed by atoms with Crippen molar-refractivity contribution in [3.63, 3.8) is 0 Å². The lowest BCUT2D eigenvalue weighted by Gasteiger charge is -2.05. The molecule has 6 heteroatoms. The number of aryl methyl sites for hydroxylation is 2. The molecule has 1 aromatic carbocycles. The van der Waals surface area contributed by atoms with Gasteiger partial charge in [-0.15, -0.1) is 0 Å². The van der Waals surface area contributed by atoms with Crippen LogP contribution in [0.3, 0.4) is 0 Å². The van der Waals surface area contributed by atoms with Crippen molar-refractivity contribution in [1.29, 1.82) is 0 Å². The molecule has 0 spiro atoms. The monoisotopic (exact) mass is 232 g/mol. The molecule has 0 aliphatic rings. The van der Waals surface area contributed by atoms with E-state index < -0.39 is 0 Å². The lowest BCUT2D eigenvalue weighted by molar-refractivity contribution is -0.384. The van der Waals surface area contributed by atoms with Crippen molar-refractivity contribution < 1.29 is 4.92 Å². The van der Waals surface area contributed by atoms with Crippen LogP contribution in [0.5, 0.6) is 0 Å². The predicted octanol–water partition coefficient (Wildman–Crippen LogP) is 2.38. The first-order chi connectivity index (χ1) is 8.08. The minimum absolute atomic E-state index is 0.0816. The number of para-hydroxylation sites is 1. The van der Waals surface area contributed by atoms with Crippen LogP contribution in [0.15, 0.2) is 30.5 Å². The van der Waals surface area contributed by atoms with Crippen LogP contribution in [-0.4, -0.2) is 14.7 Å². The molecular weight excluding hydrogens is 220 g/mol. The Morgan fingerprint density at radius 3 is 2.76 bits per heavy atom. The molecule has 0 unspecified atom stereocenters. The molecule has 17 heavy (non-hydrogen) atoms. The minimum Gasteiger partial charge on any atom is -0.333 e. The van der Waals surface area contributed by atoms with E-state index in [0.717, 1.165) is 0 Å². The molecule has 0 aliphatic carbocycles. The molecule has 0 atom stereocenters. The van der Waals surface area contributed by atoms with Crippen LogP contribution in [0, 0.1) is 17.0 Å². The van der Waals surface area contributed by atoms with Crippen molar-refractivity contribution in [2.75, 3.05) is 5.32 Å². The van der Waals surface area contributed by atoms with E-state index in [2.05, 4.69) is 10.4 Å². The molecular formula is C11H12N4O2. The molecule has 0 bridgehead atoms. The van der Waals surface area contributed by atoms with E-state index in [1.807, 2.05) is 0 Å². The van der Waals surface area contributed by atoms with Gasteiger partial charge in [0.2, 0.25) is 0 Å². The van der Waals surface area contributed by atoms with Crippen molar-refractivity contribution >= 4 is 17.2 Å². The number of nitrogens with one attached hydrogen (secondary N) is 1. The molecule has 1 N–H and O–H groups in total. The molecule has 0 aliphatic heterocycles. The number of hydrogen-bond acceptors (Lipinski definition) is 4. The number of anilines is 2. The first-order valence-electron chi connectivity index (χ1n) is 5.08. The fourth-order valence-corrected chi connectivity index (χ4v) is 1.62. The molecule has 1 aromatic heterocycles. The number of aromatic nitrogens is 2. The minimum atomic E-state index is -0.388. The molecule has 0 amide bonds. The summed E-state index contributed by atoms with van der Waals surface area (Å²) < 4.78 is 1.63. The lowest BCUT2D eigenvalue weighted by atomic mass is 10.1. The van der Waals surface area contributed by atoms with E-state index in [4.69, 9.17) is 0 Å². The largest absolute Gasteiger partial charge is 0.333 e. The molecule has 2 rings (SSSR count). The van der Waals surface area contributed by atoms with Gasteiger partial charge in [-0.05, 0) is 13.0 Å². The highest BCUT2D eigenvalue weighted by Crippen LogP contribution is 2.29. The summed E-state index contributed by atoms with van der Waals surface area (Å²) in [5.74, 6) is 0.584. The zero-order valence-corrected chi connectivity index (χ0v) is 9.54. The average Bonchev–Trinajstić information content (AvgIpc) is 2.63. The Balaban J connectivity index is 2.39. The summed E-state index contributed by atoms with van der Waals surface area (Å²) in [6, 6.07) is 6.90. The van der Waals surface area contributed by atoms with Crippen LogP contribution in [0.4, 0.5) is 17.2 Å². The van der Waals surface area contributed by atoms with Gasteiger partial charge in [-0.3, -0.25) is 14.8 Å². The molecule has 0 radical (unpaired) electrons. The summed E-state index contributed by atoms with van der Waals surface area (Å²) >= 11 is 0. The Morgan fingerprint density at radius 1 is 1.41 bits per heavy atom. The number of nitro groups is 1. The van der Waals surface area contributed by atoms with Crippen molar-refractivity contribution in [2.45, 2.75) is 6.92 Å². The molecule has 1 heterocycles. The van der Waals surface area contributed by atoms with Crippen LogP contribution in [-0.2, 0) is 7.05 Å². The topological polar surface area (TPSA) is 73.0 Å². The third kappa shape index (κ3) is 2.25. The number of hydrogen-bond donors (Lipinski definition) is 1. The standard InChI is InChI=1S/C11H12N4O2/c1-8-4-3-5-9(11(8)15(16)17)12-10-6-7-14(2)13-10/h3-7H,1-2H3,(H,12,13). The third-order valence-corrected chi connectivity index (χ3v) is 2.40. The maximum atomic E-state index is 11.0. The van der Waals surface area contributed by atoms with Gasteiger partial charge < -0.3 is 5.32 Å². The molecule has 0 fully saturated rings. The van der Waals surface area contributed by atoms with E-state index in [9.17, 15) is 10.1 Å². The highest BCUT2D eigenvalue weighted by Gasteiger charge is 2.17. The molecule has 88 valence electrons. The van der Waals surface area contributed by atoms with Gasteiger partial charge in [-0.1, -0.05) is 12.1 Å². The van der Waals surface area contributed by atoms with E-state index in [-0.39, 0.29) is 10.6 Å². The van der Waals surface area contributed by atoms with Gasteiger partial charge in [0.1, 0.15) is 5.69 Å². The van der Waals surface area contributed by atoms with Crippen molar-refractivity contribution in [1.82, 2.24) is 9.78 Å². The summed E-state index contributed by atoms with van der Waals surface area (Å²) in [4.78, 5) is 10.6. The quantitative estimate of drug-likeness (QED) is 0.651. The Labute approximate surface area is 98.0 Å². The van der Waals surface area contributed by atoms with Crippen LogP contribution in [0.25, 0.3) is 0 Å². The van der Waals surface area contributed by atoms with E-state index in [1.54, 1.807) is 49.1 Å². The Kier molecular flexibility index (Phi) is 2.78. The fraction of sp³-hybridized carbons (Fsp3) is 0.182. The van der Waals surface area contributed by atoms with Gasteiger partial charge in [0.05, 0.1) is 4.92 Å². The average molecular weight is 232 g/mol. The zero-order valence-electron chi connectivity index (χ0n) is 9.54. The summed E-state index contributed by atoms with van der Waals surface area (Å²) in [6.07, 6.45) is 1.77. The van der Waals surface area contributed by atoms with Gasteiger partial charge in [-0.25, -0.2) is 0 Å². The maximum Gasteiger partial charge on any atom is 0.295 e. The molecule has 0 saturated carbocycles. The number of benzene rings is 1. The second-order valence-corrected chi connectivity index (χ2v) is 3.73. The van der Waals surface area contributed by atoms with Gasteiger partial charge in [0.15, 0.2) is 5.82 Å². The number of rotatable bonds is 3. The van der Waals surface area contributed by atoms with Crippen molar-refractivity contribution in [3.05, 3.63) is 46.1 Å². The fourth-order valence-electron chi connectivity index (χ4n) is 1.62. The molecule has 6 nitrogen and oxygen atoms in total. The summed E-state index contributed by atoms with van der Waals surface area (Å²) in [6.45, 7) is 1.71. The van der Waals surface area contributed by atoms with Crippen LogP contribution in [0.1, 0.15) is 5.56 Å². The molecule has 2 aromatic rings. The first-order valence-corrected chi connectivity index (χ1v) is 5.08. The van der Waals surface area contributed by atoms with E-state index in [0.29, 0.717) is 17.1 Å². The third-order valence-electron chi connectivity index (χ3n) is 2.40. The SMILES string of the molecule is Cc1cccc(Nc2ccn(C)n2)c1[N+](=O)[O-]. The normalized spacial score (nSPS) is 10.2. The van der Waals surface area contributed by atoms with Gasteiger partial charge in [-0.2, -0.15) is 5.10 Å². The summed E-state index contributed by atoms with van der Waals surface area (Å²) in [7, 11) is 1.79. The zero-order chi connectivity index (χ0) is 12.4. The number of nitro benzene ring substituents is 1. The van der Waals surface area contributed by atoms with Gasteiger partial charge >= 0.3 is 0 Å². The second-order valence-electron chi connectivity index (χ2n) is 3.73. The Morgan fingerprint density at radius 2 is 2.18 bits per heavy atom. The van der Waals surface area contributed by atoms with Crippen LogP contribution in [0.2, 0.25) is 0 Å². The van der Waals surface area contributed by atoms with Crippen LogP contribution >= 0.6 is 0 Å². The van der Waals surface area contributed by atoms with Gasteiger partial charge in [0, 0.05) is 24.9 Å². The highest BCUT2D eigenvalue weighted by molar-refractivity contribution is 5.70. The smallest absolute Gasteiger partial charge is 0.295 e. The lowest BCUT2D eigenvalue weighted by Crippen LogP contribution is -2.00. The number of nitrogens with zero attached hydrogens (tertiary/aromatic N) is 3. The van der Waals surface area contributed by atoms with Crippen LogP contribution < -0.4 is 5.32 Å². The Hall–Kier alpha value is -2.37.